The fourth-order valence-electron chi connectivity index (χ4n) is 2.59. The molecule has 0 radical (unpaired) electrons. The highest BCUT2D eigenvalue weighted by molar-refractivity contribution is 5.33. The minimum absolute atomic E-state index is 0.215. The fourth-order valence-corrected chi connectivity index (χ4v) is 2.59. The average molecular weight is 261 g/mol. The molecule has 0 heterocycles. The average Bonchev–Trinajstić information content (AvgIpc) is 2.30. The number of rotatable bonds is 6. The van der Waals surface area contributed by atoms with E-state index in [1.54, 1.807) is 5.56 Å². The maximum absolute atomic E-state index is 3.67. The summed E-state index contributed by atoms with van der Waals surface area (Å²) in [7, 11) is 0. The van der Waals surface area contributed by atoms with E-state index in [2.05, 4.69) is 65.1 Å². The third-order valence-corrected chi connectivity index (χ3v) is 3.76. The van der Waals surface area contributed by atoms with Gasteiger partial charge in [0, 0.05) is 5.54 Å². The molecule has 1 aromatic carbocycles. The lowest BCUT2D eigenvalue weighted by atomic mass is 9.89. The maximum Gasteiger partial charge on any atom is 0.00966 e. The molecular formula is C18H31N. The minimum Gasteiger partial charge on any atom is -0.312 e. The van der Waals surface area contributed by atoms with E-state index in [0.29, 0.717) is 0 Å². The first-order valence-electron chi connectivity index (χ1n) is 7.63. The Labute approximate surface area is 119 Å². The predicted molar refractivity (Wildman–Crippen MR) is 85.8 cm³/mol. The molecule has 1 unspecified atom stereocenters. The molecule has 108 valence electrons. The first kappa shape index (κ1) is 16.2. The molecule has 1 rings (SSSR count). The Hall–Kier alpha value is -0.820. The number of hydrogen-bond acceptors (Lipinski definition) is 1. The largest absolute Gasteiger partial charge is 0.312 e. The molecule has 1 N–H and O–H groups in total. The molecule has 0 aliphatic rings. The summed E-state index contributed by atoms with van der Waals surface area (Å²) < 4.78 is 0. The monoisotopic (exact) mass is 261 g/mol. The third kappa shape index (κ3) is 5.78. The second-order valence-corrected chi connectivity index (χ2v) is 6.86. The van der Waals surface area contributed by atoms with E-state index in [9.17, 15) is 0 Å². The topological polar surface area (TPSA) is 12.0 Å². The maximum atomic E-state index is 3.67. The van der Waals surface area contributed by atoms with E-state index in [1.165, 1.54) is 30.4 Å². The van der Waals surface area contributed by atoms with Crippen LogP contribution >= 0.6 is 0 Å². The van der Waals surface area contributed by atoms with Crippen molar-refractivity contribution in [3.05, 3.63) is 34.9 Å². The molecule has 0 amide bonds. The van der Waals surface area contributed by atoms with Crippen LogP contribution in [0.1, 0.15) is 57.2 Å². The Morgan fingerprint density at radius 1 is 1.11 bits per heavy atom. The summed E-state index contributed by atoms with van der Waals surface area (Å²) in [5.41, 5.74) is 4.65. The molecule has 0 fully saturated rings. The Bertz CT molecular complexity index is 367. The van der Waals surface area contributed by atoms with Gasteiger partial charge in [-0.15, -0.1) is 0 Å². The second kappa shape index (κ2) is 7.09. The third-order valence-electron chi connectivity index (χ3n) is 3.76. The highest BCUT2D eigenvalue weighted by atomic mass is 14.9. The summed E-state index contributed by atoms with van der Waals surface area (Å²) >= 11 is 0. The van der Waals surface area contributed by atoms with Gasteiger partial charge in [-0.2, -0.15) is 0 Å². The normalized spacial score (nSPS) is 13.6. The van der Waals surface area contributed by atoms with Gasteiger partial charge in [-0.25, -0.2) is 0 Å². The van der Waals surface area contributed by atoms with Gasteiger partial charge in [0.1, 0.15) is 0 Å². The van der Waals surface area contributed by atoms with Crippen molar-refractivity contribution in [3.63, 3.8) is 0 Å². The van der Waals surface area contributed by atoms with Crippen LogP contribution in [0.5, 0.6) is 0 Å². The molecule has 0 saturated heterocycles. The van der Waals surface area contributed by atoms with Crippen molar-refractivity contribution >= 4 is 0 Å². The highest BCUT2D eigenvalue weighted by Crippen LogP contribution is 2.20. The molecule has 0 saturated carbocycles. The van der Waals surface area contributed by atoms with Gasteiger partial charge in [-0.1, -0.05) is 31.5 Å². The fraction of sp³-hybridized carbons (Fsp3) is 0.667. The highest BCUT2D eigenvalue weighted by Gasteiger charge is 2.15. The van der Waals surface area contributed by atoms with Crippen LogP contribution in [0.4, 0.5) is 0 Å². The molecule has 1 atom stereocenters. The van der Waals surface area contributed by atoms with E-state index in [0.717, 1.165) is 12.5 Å². The van der Waals surface area contributed by atoms with E-state index >= 15 is 0 Å². The van der Waals surface area contributed by atoms with Gasteiger partial charge in [-0.05, 0) is 76.6 Å². The summed E-state index contributed by atoms with van der Waals surface area (Å²) in [6.45, 7) is 14.6. The van der Waals surface area contributed by atoms with Crippen molar-refractivity contribution in [3.8, 4) is 0 Å². The molecule has 0 aromatic heterocycles. The molecule has 19 heavy (non-hydrogen) atoms. The quantitative estimate of drug-likeness (QED) is 0.786. The zero-order valence-corrected chi connectivity index (χ0v) is 13.6. The predicted octanol–water partition coefficient (Wildman–Crippen LogP) is 4.65. The smallest absolute Gasteiger partial charge is 0.00966 e. The zero-order valence-electron chi connectivity index (χ0n) is 13.6. The Morgan fingerprint density at radius 3 is 2.16 bits per heavy atom. The molecule has 0 bridgehead atoms. The molecule has 1 nitrogen and oxygen atoms in total. The van der Waals surface area contributed by atoms with Crippen LogP contribution in [0.25, 0.3) is 0 Å². The molecule has 1 aromatic rings. The number of hydrogen-bond donors (Lipinski definition) is 1. The lowest BCUT2D eigenvalue weighted by Gasteiger charge is -2.26. The van der Waals surface area contributed by atoms with E-state index < -0.39 is 0 Å². The number of benzene rings is 1. The van der Waals surface area contributed by atoms with Crippen LogP contribution in [-0.4, -0.2) is 12.1 Å². The first-order valence-corrected chi connectivity index (χ1v) is 7.63. The minimum atomic E-state index is 0.215. The first-order chi connectivity index (χ1) is 8.83. The van der Waals surface area contributed by atoms with Gasteiger partial charge in [0.25, 0.3) is 0 Å². The molecule has 0 spiro atoms. The standard InChI is InChI=1S/C18H31N/c1-7-9-16(13-19-18(4,5)6)12-17-14(2)10-8-11-15(17)3/h8,10-11,16,19H,7,9,12-13H2,1-6H3. The van der Waals surface area contributed by atoms with Crippen LogP contribution in [0, 0.1) is 19.8 Å². The SMILES string of the molecule is CCCC(CNC(C)(C)C)Cc1c(C)cccc1C. The molecular weight excluding hydrogens is 230 g/mol. The van der Waals surface area contributed by atoms with Crippen LogP contribution in [0.15, 0.2) is 18.2 Å². The van der Waals surface area contributed by atoms with E-state index in [-0.39, 0.29) is 5.54 Å². The second-order valence-electron chi connectivity index (χ2n) is 6.86. The summed E-state index contributed by atoms with van der Waals surface area (Å²) in [5.74, 6) is 0.740. The van der Waals surface area contributed by atoms with Crippen molar-refractivity contribution < 1.29 is 0 Å². The van der Waals surface area contributed by atoms with Crippen molar-refractivity contribution in [1.29, 1.82) is 0 Å². The Morgan fingerprint density at radius 2 is 1.68 bits per heavy atom. The van der Waals surface area contributed by atoms with Crippen molar-refractivity contribution in [2.45, 2.75) is 66.3 Å². The van der Waals surface area contributed by atoms with Crippen molar-refractivity contribution in [2.24, 2.45) is 5.92 Å². The van der Waals surface area contributed by atoms with E-state index in [4.69, 9.17) is 0 Å². The van der Waals surface area contributed by atoms with Gasteiger partial charge < -0.3 is 5.32 Å². The van der Waals surface area contributed by atoms with Crippen LogP contribution in [0.2, 0.25) is 0 Å². The van der Waals surface area contributed by atoms with Crippen molar-refractivity contribution in [2.75, 3.05) is 6.54 Å². The Balaban J connectivity index is 2.72. The number of nitrogens with one attached hydrogen (secondary N) is 1. The molecule has 0 aliphatic heterocycles. The van der Waals surface area contributed by atoms with Gasteiger partial charge >= 0.3 is 0 Å². The number of aryl methyl sites for hydroxylation is 2. The van der Waals surface area contributed by atoms with Gasteiger partial charge in [0.2, 0.25) is 0 Å². The van der Waals surface area contributed by atoms with E-state index in [1.807, 2.05) is 0 Å². The summed E-state index contributed by atoms with van der Waals surface area (Å²) in [6.07, 6.45) is 3.77. The van der Waals surface area contributed by atoms with Gasteiger partial charge in [0.05, 0.1) is 0 Å². The zero-order chi connectivity index (χ0) is 14.5. The summed E-state index contributed by atoms with van der Waals surface area (Å²) in [6, 6.07) is 6.64. The van der Waals surface area contributed by atoms with Crippen molar-refractivity contribution in [1.82, 2.24) is 5.32 Å². The van der Waals surface area contributed by atoms with Crippen LogP contribution in [-0.2, 0) is 6.42 Å². The lowest BCUT2D eigenvalue weighted by Crippen LogP contribution is -2.39. The summed E-state index contributed by atoms with van der Waals surface area (Å²) in [4.78, 5) is 0. The lowest BCUT2D eigenvalue weighted by molar-refractivity contribution is 0.354. The molecule has 1 heteroatoms. The molecule has 0 aliphatic carbocycles. The van der Waals surface area contributed by atoms with Gasteiger partial charge in [-0.3, -0.25) is 0 Å². The van der Waals surface area contributed by atoms with Crippen LogP contribution < -0.4 is 5.32 Å². The summed E-state index contributed by atoms with van der Waals surface area (Å²) in [5, 5.41) is 3.67. The van der Waals surface area contributed by atoms with Gasteiger partial charge in [0.15, 0.2) is 0 Å². The Kier molecular flexibility index (Phi) is 6.06. The van der Waals surface area contributed by atoms with Crippen LogP contribution in [0.3, 0.4) is 0 Å².